The van der Waals surface area contributed by atoms with E-state index in [9.17, 15) is 19.0 Å². The summed E-state index contributed by atoms with van der Waals surface area (Å²) >= 11 is 0. The van der Waals surface area contributed by atoms with Gasteiger partial charge in [0.15, 0.2) is 6.10 Å². The van der Waals surface area contributed by atoms with Crippen molar-refractivity contribution in [3.63, 3.8) is 0 Å². The van der Waals surface area contributed by atoms with Crippen molar-refractivity contribution in [2.45, 2.75) is 180 Å². The maximum Gasteiger partial charge on any atom is 0.472 e. The van der Waals surface area contributed by atoms with Gasteiger partial charge in [-0.2, -0.15) is 0 Å². The van der Waals surface area contributed by atoms with Gasteiger partial charge in [-0.05, 0) is 51.4 Å². The highest BCUT2D eigenvalue weighted by atomic mass is 31.2. The van der Waals surface area contributed by atoms with Crippen LogP contribution in [0.3, 0.4) is 0 Å². The first-order valence-electron chi connectivity index (χ1n) is 19.3. The Balaban J connectivity index is 4.25. The largest absolute Gasteiger partial charge is 0.472 e. The van der Waals surface area contributed by atoms with Gasteiger partial charge < -0.3 is 20.1 Å². The van der Waals surface area contributed by atoms with Crippen LogP contribution in [0.25, 0.3) is 0 Å². The molecule has 9 nitrogen and oxygen atoms in total. The van der Waals surface area contributed by atoms with Crippen LogP contribution in [-0.2, 0) is 32.7 Å². The lowest BCUT2D eigenvalue weighted by molar-refractivity contribution is -0.161. The number of phosphoric ester groups is 1. The zero-order chi connectivity index (χ0) is 35.4. The van der Waals surface area contributed by atoms with Crippen molar-refractivity contribution in [3.05, 3.63) is 24.3 Å². The van der Waals surface area contributed by atoms with E-state index >= 15 is 0 Å². The van der Waals surface area contributed by atoms with Crippen LogP contribution in [0.15, 0.2) is 24.3 Å². The van der Waals surface area contributed by atoms with Crippen molar-refractivity contribution in [2.75, 3.05) is 26.4 Å². The van der Waals surface area contributed by atoms with Crippen molar-refractivity contribution in [1.29, 1.82) is 0 Å². The lowest BCUT2D eigenvalue weighted by Gasteiger charge is -2.19. The number of carbonyl (C=O) groups is 2. The first kappa shape index (κ1) is 46.5. The fourth-order valence-electron chi connectivity index (χ4n) is 5.17. The SMILES string of the molecule is CCCCC/C=C/CCCCCCCC(=O)O[C@H](COC(=O)CC/C=C/CCCCCCCCCCCCC)COP(=O)(O)OCCN. The van der Waals surface area contributed by atoms with Crippen molar-refractivity contribution in [3.8, 4) is 0 Å². The minimum Gasteiger partial charge on any atom is -0.462 e. The number of carbonyl (C=O) groups excluding carboxylic acids is 2. The average Bonchev–Trinajstić information content (AvgIpc) is 3.07. The van der Waals surface area contributed by atoms with Gasteiger partial charge in [-0.1, -0.05) is 134 Å². The molecule has 1 unspecified atom stereocenters. The molecule has 2 atom stereocenters. The van der Waals surface area contributed by atoms with Crippen LogP contribution in [0.4, 0.5) is 0 Å². The van der Waals surface area contributed by atoms with E-state index < -0.39 is 32.5 Å². The molecule has 0 aliphatic carbocycles. The zero-order valence-electron chi connectivity index (χ0n) is 30.7. The van der Waals surface area contributed by atoms with Crippen LogP contribution >= 0.6 is 7.82 Å². The normalized spacial score (nSPS) is 13.7. The van der Waals surface area contributed by atoms with Crippen molar-refractivity contribution in [1.82, 2.24) is 0 Å². The van der Waals surface area contributed by atoms with Crippen LogP contribution in [0, 0.1) is 0 Å². The molecule has 10 heteroatoms. The topological polar surface area (TPSA) is 134 Å². The Morgan fingerprint density at radius 3 is 1.60 bits per heavy atom. The van der Waals surface area contributed by atoms with E-state index in [0.717, 1.165) is 51.4 Å². The van der Waals surface area contributed by atoms with Crippen LogP contribution < -0.4 is 5.73 Å². The van der Waals surface area contributed by atoms with E-state index in [1.165, 1.54) is 83.5 Å². The second-order valence-electron chi connectivity index (χ2n) is 12.8. The van der Waals surface area contributed by atoms with E-state index in [2.05, 4.69) is 32.1 Å². The number of rotatable bonds is 36. The number of hydrogen-bond acceptors (Lipinski definition) is 8. The third kappa shape index (κ3) is 34.4. The molecule has 3 N–H and O–H groups in total. The molecular weight excluding hydrogens is 629 g/mol. The summed E-state index contributed by atoms with van der Waals surface area (Å²) < 4.78 is 32.6. The molecule has 0 aromatic carbocycles. The molecule has 282 valence electrons. The summed E-state index contributed by atoms with van der Waals surface area (Å²) in [6.45, 7) is 3.65. The summed E-state index contributed by atoms with van der Waals surface area (Å²) in [4.78, 5) is 34.6. The minimum atomic E-state index is -4.38. The van der Waals surface area contributed by atoms with Crippen LogP contribution in [0.1, 0.15) is 174 Å². The van der Waals surface area contributed by atoms with Gasteiger partial charge >= 0.3 is 19.8 Å². The lowest BCUT2D eigenvalue weighted by atomic mass is 10.1. The number of nitrogens with two attached hydrogens (primary N) is 1. The van der Waals surface area contributed by atoms with E-state index in [1.54, 1.807) is 0 Å². The molecule has 48 heavy (non-hydrogen) atoms. The molecule has 0 spiro atoms. The van der Waals surface area contributed by atoms with Crippen molar-refractivity contribution in [2.24, 2.45) is 5.73 Å². The first-order chi connectivity index (χ1) is 23.3. The Hall–Kier alpha value is -1.51. The molecule has 0 aliphatic heterocycles. The summed E-state index contributed by atoms with van der Waals surface area (Å²) in [6.07, 6.45) is 35.1. The van der Waals surface area contributed by atoms with Gasteiger partial charge in [-0.25, -0.2) is 4.57 Å². The molecule has 0 aromatic rings. The van der Waals surface area contributed by atoms with Gasteiger partial charge in [0.1, 0.15) is 6.61 Å². The highest BCUT2D eigenvalue weighted by Crippen LogP contribution is 2.43. The number of esters is 2. The van der Waals surface area contributed by atoms with E-state index in [0.29, 0.717) is 12.8 Å². The van der Waals surface area contributed by atoms with Gasteiger partial charge in [0, 0.05) is 19.4 Å². The number of allylic oxidation sites excluding steroid dienone is 4. The lowest BCUT2D eigenvalue weighted by Crippen LogP contribution is -2.29. The molecular formula is C38H72NO8P. The highest BCUT2D eigenvalue weighted by Gasteiger charge is 2.25. The maximum atomic E-state index is 12.5. The molecule has 0 fully saturated rings. The van der Waals surface area contributed by atoms with E-state index in [-0.39, 0.29) is 32.6 Å². The molecule has 0 saturated heterocycles. The Labute approximate surface area is 293 Å². The highest BCUT2D eigenvalue weighted by molar-refractivity contribution is 7.47. The van der Waals surface area contributed by atoms with Gasteiger partial charge in [0.25, 0.3) is 0 Å². The van der Waals surface area contributed by atoms with E-state index in [4.69, 9.17) is 24.3 Å². The summed E-state index contributed by atoms with van der Waals surface area (Å²) in [5.74, 6) is -0.895. The van der Waals surface area contributed by atoms with Gasteiger partial charge in [-0.15, -0.1) is 0 Å². The fourth-order valence-corrected chi connectivity index (χ4v) is 5.94. The Kier molecular flexibility index (Phi) is 34.2. The Morgan fingerprint density at radius 1 is 0.604 bits per heavy atom. The summed E-state index contributed by atoms with van der Waals surface area (Å²) in [5, 5.41) is 0. The third-order valence-electron chi connectivity index (χ3n) is 8.07. The molecule has 0 radical (unpaired) electrons. The molecule has 0 bridgehead atoms. The molecule has 0 aliphatic rings. The van der Waals surface area contributed by atoms with Crippen LogP contribution in [0.5, 0.6) is 0 Å². The standard InChI is InChI=1S/C38H72NO8P/c1-3-5-7-9-11-13-15-17-18-19-21-22-24-26-28-30-37(40)44-34-36(35-46-48(42,43)45-33-32-39)47-38(41)31-29-27-25-23-20-16-14-12-10-8-6-4-2/h12,14,24,26,36H,3-11,13,15-23,25,27-35,39H2,1-2H3,(H,42,43)/b14-12+,26-24+/t36-/m1/s1. The molecule has 0 amide bonds. The molecule has 0 saturated carbocycles. The maximum absolute atomic E-state index is 12.5. The molecule has 0 heterocycles. The fraction of sp³-hybridized carbons (Fsp3) is 0.842. The second-order valence-corrected chi connectivity index (χ2v) is 14.2. The molecule has 0 rings (SSSR count). The first-order valence-corrected chi connectivity index (χ1v) is 20.8. The number of phosphoric acid groups is 1. The van der Waals surface area contributed by atoms with Crippen LogP contribution in [-0.4, -0.2) is 49.3 Å². The van der Waals surface area contributed by atoms with E-state index in [1.807, 2.05) is 6.08 Å². The van der Waals surface area contributed by atoms with Crippen molar-refractivity contribution >= 4 is 19.8 Å². The predicted molar refractivity (Wildman–Crippen MR) is 197 cm³/mol. The summed E-state index contributed by atoms with van der Waals surface area (Å²) in [6, 6.07) is 0. The average molecular weight is 702 g/mol. The number of unbranched alkanes of at least 4 members (excludes halogenated alkanes) is 19. The van der Waals surface area contributed by atoms with Gasteiger partial charge in [0.2, 0.25) is 0 Å². The monoisotopic (exact) mass is 701 g/mol. The second kappa shape index (κ2) is 35.3. The predicted octanol–water partition coefficient (Wildman–Crippen LogP) is 10.4. The Bertz CT molecular complexity index is 851. The summed E-state index contributed by atoms with van der Waals surface area (Å²) in [7, 11) is -4.38. The minimum absolute atomic E-state index is 0.0490. The number of ether oxygens (including phenoxy) is 2. The number of hydrogen-bond donors (Lipinski definition) is 2. The van der Waals surface area contributed by atoms with Gasteiger partial charge in [0.05, 0.1) is 13.2 Å². The molecule has 0 aromatic heterocycles. The summed E-state index contributed by atoms with van der Waals surface area (Å²) in [5.41, 5.74) is 5.32. The zero-order valence-corrected chi connectivity index (χ0v) is 31.6. The third-order valence-corrected chi connectivity index (χ3v) is 9.06. The smallest absolute Gasteiger partial charge is 0.462 e. The van der Waals surface area contributed by atoms with Crippen LogP contribution in [0.2, 0.25) is 0 Å². The van der Waals surface area contributed by atoms with Crippen molar-refractivity contribution < 1.29 is 37.6 Å². The Morgan fingerprint density at radius 2 is 1.06 bits per heavy atom. The van der Waals surface area contributed by atoms with Gasteiger partial charge in [-0.3, -0.25) is 18.6 Å². The quantitative estimate of drug-likeness (QED) is 0.0283.